The molecule has 1 atom stereocenters. The predicted octanol–water partition coefficient (Wildman–Crippen LogP) is 3.57. The van der Waals surface area contributed by atoms with Crippen molar-refractivity contribution in [3.8, 4) is 0 Å². The highest BCUT2D eigenvalue weighted by Crippen LogP contribution is 2.17. The molecule has 0 spiro atoms. The van der Waals surface area contributed by atoms with Crippen LogP contribution in [0.1, 0.15) is 16.3 Å². The Bertz CT molecular complexity index is 493. The smallest absolute Gasteiger partial charge is 0.0897 e. The second kappa shape index (κ2) is 6.45. The van der Waals surface area contributed by atoms with Gasteiger partial charge in [0.25, 0.3) is 0 Å². The maximum absolute atomic E-state index is 5.87. The monoisotopic (exact) mass is 324 g/mol. The number of aromatic nitrogens is 1. The van der Waals surface area contributed by atoms with Crippen molar-refractivity contribution in [1.82, 2.24) is 4.98 Å². The third-order valence-corrected chi connectivity index (χ3v) is 4.29. The Labute approximate surface area is 120 Å². The lowest BCUT2D eigenvalue weighted by Gasteiger charge is -2.13. The van der Waals surface area contributed by atoms with Crippen LogP contribution >= 0.6 is 27.3 Å². The third kappa shape index (κ3) is 3.90. The largest absolute Gasteiger partial charge is 0.330 e. The fraction of sp³-hybridized carbons (Fsp3) is 0.357. The van der Waals surface area contributed by atoms with Crippen LogP contribution in [-0.4, -0.2) is 11.5 Å². The lowest BCUT2D eigenvalue weighted by molar-refractivity contribution is 0.528. The molecular formula is C14H17BrN2S. The van der Waals surface area contributed by atoms with Crippen LogP contribution in [-0.2, 0) is 12.8 Å². The molecule has 1 aromatic heterocycles. The van der Waals surface area contributed by atoms with Gasteiger partial charge in [0.1, 0.15) is 0 Å². The van der Waals surface area contributed by atoms with Gasteiger partial charge >= 0.3 is 0 Å². The molecule has 0 fully saturated rings. The first kappa shape index (κ1) is 13.7. The van der Waals surface area contributed by atoms with Crippen molar-refractivity contribution in [2.75, 3.05) is 6.54 Å². The first-order valence-electron chi connectivity index (χ1n) is 6.03. The Balaban J connectivity index is 1.99. The van der Waals surface area contributed by atoms with E-state index < -0.39 is 0 Å². The molecule has 0 saturated carbocycles. The Morgan fingerprint density at radius 1 is 1.28 bits per heavy atom. The molecule has 2 rings (SSSR count). The number of rotatable bonds is 5. The fourth-order valence-electron chi connectivity index (χ4n) is 1.99. The molecule has 2 aromatic rings. The van der Waals surface area contributed by atoms with E-state index in [4.69, 9.17) is 5.73 Å². The van der Waals surface area contributed by atoms with Gasteiger partial charge in [-0.05, 0) is 49.9 Å². The molecule has 0 amide bonds. The van der Waals surface area contributed by atoms with Crippen LogP contribution in [0.4, 0.5) is 0 Å². The topological polar surface area (TPSA) is 38.9 Å². The van der Waals surface area contributed by atoms with Crippen molar-refractivity contribution in [1.29, 1.82) is 0 Å². The molecule has 96 valence electrons. The van der Waals surface area contributed by atoms with Crippen molar-refractivity contribution < 1.29 is 0 Å². The Morgan fingerprint density at radius 3 is 2.56 bits per heavy atom. The molecule has 2 N–H and O–H groups in total. The molecule has 0 bridgehead atoms. The van der Waals surface area contributed by atoms with Crippen LogP contribution in [0.5, 0.6) is 0 Å². The minimum absolute atomic E-state index is 0.465. The lowest BCUT2D eigenvalue weighted by Crippen LogP contribution is -2.19. The normalized spacial score (nSPS) is 12.6. The van der Waals surface area contributed by atoms with Crippen molar-refractivity contribution in [3.05, 3.63) is 50.4 Å². The maximum Gasteiger partial charge on any atom is 0.0897 e. The highest BCUT2D eigenvalue weighted by Gasteiger charge is 2.11. The minimum Gasteiger partial charge on any atom is -0.330 e. The predicted molar refractivity (Wildman–Crippen MR) is 80.9 cm³/mol. The minimum atomic E-state index is 0.465. The van der Waals surface area contributed by atoms with Crippen LogP contribution in [0.15, 0.2) is 34.1 Å². The average Bonchev–Trinajstić information content (AvgIpc) is 2.77. The number of thiazole rings is 1. The molecule has 18 heavy (non-hydrogen) atoms. The summed E-state index contributed by atoms with van der Waals surface area (Å²) in [6.45, 7) is 2.74. The van der Waals surface area contributed by atoms with Crippen LogP contribution in [0.3, 0.4) is 0 Å². The summed E-state index contributed by atoms with van der Waals surface area (Å²) in [6.07, 6.45) is 1.98. The molecule has 0 saturated heterocycles. The van der Waals surface area contributed by atoms with Gasteiger partial charge in [0.2, 0.25) is 0 Å². The van der Waals surface area contributed by atoms with Gasteiger partial charge in [-0.3, -0.25) is 0 Å². The van der Waals surface area contributed by atoms with Crippen molar-refractivity contribution in [3.63, 3.8) is 0 Å². The molecule has 1 aromatic carbocycles. The first-order chi connectivity index (χ1) is 8.67. The SMILES string of the molecule is Cc1nc(CC(CN)Cc2ccc(Br)cc2)cs1. The van der Waals surface area contributed by atoms with Gasteiger partial charge < -0.3 is 5.73 Å². The summed E-state index contributed by atoms with van der Waals surface area (Å²) in [4.78, 5) is 4.51. The lowest BCUT2D eigenvalue weighted by atomic mass is 9.95. The number of benzene rings is 1. The number of aryl methyl sites for hydroxylation is 1. The van der Waals surface area contributed by atoms with Gasteiger partial charge in [0.15, 0.2) is 0 Å². The van der Waals surface area contributed by atoms with Gasteiger partial charge in [-0.1, -0.05) is 28.1 Å². The van der Waals surface area contributed by atoms with E-state index in [9.17, 15) is 0 Å². The van der Waals surface area contributed by atoms with Gasteiger partial charge in [-0.25, -0.2) is 4.98 Å². The summed E-state index contributed by atoms with van der Waals surface area (Å²) in [7, 11) is 0. The molecule has 0 aliphatic heterocycles. The van der Waals surface area contributed by atoms with Crippen LogP contribution in [0.25, 0.3) is 0 Å². The molecule has 1 unspecified atom stereocenters. The van der Waals surface area contributed by atoms with Crippen LogP contribution in [0, 0.1) is 12.8 Å². The van der Waals surface area contributed by atoms with Crippen LogP contribution in [0.2, 0.25) is 0 Å². The molecular weight excluding hydrogens is 308 g/mol. The van der Waals surface area contributed by atoms with E-state index in [0.29, 0.717) is 12.5 Å². The average molecular weight is 325 g/mol. The van der Waals surface area contributed by atoms with Gasteiger partial charge in [-0.15, -0.1) is 11.3 Å². The number of nitrogens with two attached hydrogens (primary N) is 1. The van der Waals surface area contributed by atoms with E-state index in [-0.39, 0.29) is 0 Å². The molecule has 0 aliphatic carbocycles. The highest BCUT2D eigenvalue weighted by molar-refractivity contribution is 9.10. The molecule has 4 heteroatoms. The van der Waals surface area contributed by atoms with E-state index in [1.54, 1.807) is 11.3 Å². The van der Waals surface area contributed by atoms with E-state index in [0.717, 1.165) is 22.3 Å². The van der Waals surface area contributed by atoms with Crippen molar-refractivity contribution in [2.24, 2.45) is 11.7 Å². The highest BCUT2D eigenvalue weighted by atomic mass is 79.9. The zero-order valence-corrected chi connectivity index (χ0v) is 12.8. The number of hydrogen-bond donors (Lipinski definition) is 1. The van der Waals surface area contributed by atoms with Crippen LogP contribution < -0.4 is 5.73 Å². The standard InChI is InChI=1S/C14H17BrN2S/c1-10-17-14(9-18-10)7-12(8-16)6-11-2-4-13(15)5-3-11/h2-5,9,12H,6-8,16H2,1H3. The van der Waals surface area contributed by atoms with Crippen molar-refractivity contribution in [2.45, 2.75) is 19.8 Å². The van der Waals surface area contributed by atoms with Gasteiger partial charge in [0.05, 0.1) is 10.7 Å². The van der Waals surface area contributed by atoms with E-state index in [1.165, 1.54) is 11.3 Å². The Kier molecular flexibility index (Phi) is 4.92. The van der Waals surface area contributed by atoms with E-state index in [1.807, 2.05) is 6.92 Å². The number of nitrogens with zero attached hydrogens (tertiary/aromatic N) is 1. The summed E-state index contributed by atoms with van der Waals surface area (Å²) in [5, 5.41) is 3.27. The number of hydrogen-bond acceptors (Lipinski definition) is 3. The summed E-state index contributed by atoms with van der Waals surface area (Å²) < 4.78 is 1.12. The first-order valence-corrected chi connectivity index (χ1v) is 7.70. The molecule has 2 nitrogen and oxygen atoms in total. The Morgan fingerprint density at radius 2 is 2.00 bits per heavy atom. The third-order valence-electron chi connectivity index (χ3n) is 2.94. The molecule has 0 radical (unpaired) electrons. The van der Waals surface area contributed by atoms with Gasteiger partial charge in [0, 0.05) is 9.85 Å². The quantitative estimate of drug-likeness (QED) is 0.913. The zero-order valence-electron chi connectivity index (χ0n) is 10.4. The maximum atomic E-state index is 5.87. The molecule has 0 aliphatic rings. The van der Waals surface area contributed by atoms with Gasteiger partial charge in [-0.2, -0.15) is 0 Å². The van der Waals surface area contributed by atoms with E-state index in [2.05, 4.69) is 50.6 Å². The summed E-state index contributed by atoms with van der Waals surface area (Å²) in [6, 6.07) is 8.46. The van der Waals surface area contributed by atoms with Crippen molar-refractivity contribution >= 4 is 27.3 Å². The zero-order chi connectivity index (χ0) is 13.0. The number of halogens is 1. The summed E-state index contributed by atoms with van der Waals surface area (Å²) >= 11 is 5.16. The second-order valence-electron chi connectivity index (χ2n) is 4.49. The Hall–Kier alpha value is -0.710. The summed E-state index contributed by atoms with van der Waals surface area (Å²) in [5.41, 5.74) is 8.38. The second-order valence-corrected chi connectivity index (χ2v) is 6.47. The fourth-order valence-corrected chi connectivity index (χ4v) is 2.88. The molecule has 1 heterocycles. The summed E-state index contributed by atoms with van der Waals surface area (Å²) in [5.74, 6) is 0.465. The van der Waals surface area contributed by atoms with E-state index >= 15 is 0 Å².